The van der Waals surface area contributed by atoms with Crippen LogP contribution in [0, 0.1) is 37.2 Å². The summed E-state index contributed by atoms with van der Waals surface area (Å²) in [5.74, 6) is -1.06. The SMILES string of the molecule is O=C(Cc1ccc(O)cc1)OCNC[C-](CNCOC(=O)Cc1ccc(O)cc1)NCOC(=O)Cc1ccc(O)cc1.[U]. The molecule has 43 heavy (non-hydrogen) atoms. The molecule has 0 unspecified atom stereocenters. The van der Waals surface area contributed by atoms with Gasteiger partial charge in [0.1, 0.15) is 37.4 Å². The van der Waals surface area contributed by atoms with Gasteiger partial charge in [0, 0.05) is 31.1 Å². The molecule has 0 fully saturated rings. The van der Waals surface area contributed by atoms with Gasteiger partial charge in [0.25, 0.3) is 0 Å². The summed E-state index contributed by atoms with van der Waals surface area (Å²) in [6.45, 7) is 0.179. The summed E-state index contributed by atoms with van der Waals surface area (Å²) < 4.78 is 15.7. The van der Waals surface area contributed by atoms with Crippen molar-refractivity contribution < 1.29 is 75.0 Å². The van der Waals surface area contributed by atoms with E-state index in [0.29, 0.717) is 22.7 Å². The minimum Gasteiger partial charge on any atom is -0.508 e. The van der Waals surface area contributed by atoms with Gasteiger partial charge in [-0.05, 0) is 53.1 Å². The maximum atomic E-state index is 12.2. The molecule has 0 spiro atoms. The van der Waals surface area contributed by atoms with Crippen molar-refractivity contribution in [1.29, 1.82) is 0 Å². The van der Waals surface area contributed by atoms with Crippen molar-refractivity contribution in [3.8, 4) is 17.2 Å². The zero-order valence-corrected chi connectivity index (χ0v) is 27.5. The second-order valence-electron chi connectivity index (χ2n) is 9.15. The Balaban J connectivity index is 0.00000645. The van der Waals surface area contributed by atoms with Crippen molar-refractivity contribution in [2.75, 3.05) is 33.3 Å². The summed E-state index contributed by atoms with van der Waals surface area (Å²) in [7, 11) is 0. The summed E-state index contributed by atoms with van der Waals surface area (Å²) in [6, 6.07) is 19.3. The Hall–Kier alpha value is -3.60. The zero-order valence-electron chi connectivity index (χ0n) is 23.4. The number of benzene rings is 3. The van der Waals surface area contributed by atoms with Gasteiger partial charge in [-0.15, -0.1) is 13.1 Å². The average Bonchev–Trinajstić information content (AvgIpc) is 2.96. The van der Waals surface area contributed by atoms with Crippen LogP contribution in [0.1, 0.15) is 16.7 Å². The van der Waals surface area contributed by atoms with Crippen LogP contribution in [0.5, 0.6) is 17.2 Å². The predicted molar refractivity (Wildman–Crippen MR) is 151 cm³/mol. The van der Waals surface area contributed by atoms with E-state index in [2.05, 4.69) is 16.0 Å². The molecule has 0 aromatic heterocycles. The second kappa shape index (κ2) is 19.6. The summed E-state index contributed by atoms with van der Waals surface area (Å²) in [5.41, 5.74) is 2.09. The number of carbonyl (C=O) groups is 3. The average molecular weight is 819 g/mol. The molecule has 6 N–H and O–H groups in total. The number of rotatable bonds is 17. The van der Waals surface area contributed by atoms with Crippen molar-refractivity contribution in [3.63, 3.8) is 0 Å². The molecular weight excluding hydrogens is 784 g/mol. The summed E-state index contributed by atoms with van der Waals surface area (Å²) in [4.78, 5) is 36.4. The van der Waals surface area contributed by atoms with Crippen LogP contribution in [-0.4, -0.2) is 66.5 Å². The molecule has 0 aliphatic rings. The fourth-order valence-corrected chi connectivity index (χ4v) is 3.57. The topological polar surface area (TPSA) is 176 Å². The summed E-state index contributed by atoms with van der Waals surface area (Å²) >= 11 is 0. The van der Waals surface area contributed by atoms with Gasteiger partial charge in [0.15, 0.2) is 0 Å². The molecule has 12 nitrogen and oxygen atoms in total. The molecule has 3 rings (SSSR count). The van der Waals surface area contributed by atoms with Gasteiger partial charge >= 0.3 is 17.9 Å². The number of ether oxygens (including phenoxy) is 3. The van der Waals surface area contributed by atoms with Crippen LogP contribution in [0.4, 0.5) is 0 Å². The second-order valence-corrected chi connectivity index (χ2v) is 9.15. The molecule has 3 aromatic rings. The molecule has 228 valence electrons. The van der Waals surface area contributed by atoms with Crippen molar-refractivity contribution in [3.05, 3.63) is 95.5 Å². The van der Waals surface area contributed by atoms with E-state index in [4.69, 9.17) is 14.2 Å². The van der Waals surface area contributed by atoms with Gasteiger partial charge in [-0.2, -0.15) is 0 Å². The normalized spacial score (nSPS) is 10.5. The largest absolute Gasteiger partial charge is 0.508 e. The van der Waals surface area contributed by atoms with Gasteiger partial charge in [-0.3, -0.25) is 14.4 Å². The van der Waals surface area contributed by atoms with Crippen LogP contribution >= 0.6 is 0 Å². The van der Waals surface area contributed by atoms with Gasteiger partial charge in [-0.1, -0.05) is 36.4 Å². The Bertz CT molecular complexity index is 1210. The molecule has 0 bridgehead atoms. The van der Waals surface area contributed by atoms with Gasteiger partial charge in [-0.25, -0.2) is 6.04 Å². The van der Waals surface area contributed by atoms with Crippen LogP contribution in [0.3, 0.4) is 0 Å². The third-order valence-corrected chi connectivity index (χ3v) is 5.76. The third-order valence-electron chi connectivity index (χ3n) is 5.76. The van der Waals surface area contributed by atoms with Gasteiger partial charge in [0.05, 0.1) is 19.3 Å². The number of hydrogen-bond acceptors (Lipinski definition) is 12. The molecule has 0 radical (unpaired) electrons. The van der Waals surface area contributed by atoms with E-state index in [0.717, 1.165) is 0 Å². The van der Waals surface area contributed by atoms with Crippen molar-refractivity contribution >= 4 is 17.9 Å². The predicted octanol–water partition coefficient (Wildman–Crippen LogP) is 1.63. The van der Waals surface area contributed by atoms with E-state index in [1.165, 1.54) is 36.4 Å². The van der Waals surface area contributed by atoms with E-state index in [1.54, 1.807) is 36.4 Å². The molecule has 3 aromatic carbocycles. The number of nitrogens with one attached hydrogen (secondary N) is 3. The standard InChI is InChI=1S/C30H34N3O9.U/c34-25-7-1-21(2-8-25)13-28(37)40-18-31-16-24(33-20-42-30(39)15-23-5-11-27(36)12-6-23)17-32-19-41-29(38)14-22-3-9-26(35)10-4-22;/h1-12,31-36H,13-20H2;/q-1;. The molecular formula is C30H34N3O9U-. The summed E-state index contributed by atoms with van der Waals surface area (Å²) in [6.07, 6.45) is 0.122. The smallest absolute Gasteiger partial charge is 0.311 e. The van der Waals surface area contributed by atoms with Crippen molar-refractivity contribution in [2.45, 2.75) is 19.3 Å². The number of phenols is 3. The number of esters is 3. The molecule has 0 atom stereocenters. The minimum absolute atomic E-state index is 0. The summed E-state index contributed by atoms with van der Waals surface area (Å²) in [5, 5.41) is 37.0. The first-order valence-corrected chi connectivity index (χ1v) is 13.1. The number of carbonyl (C=O) groups excluding carboxylic acids is 3. The quantitative estimate of drug-likeness (QED) is 0.0383. The maximum absolute atomic E-state index is 12.2. The Morgan fingerprint density at radius 1 is 0.535 bits per heavy atom. The molecule has 0 saturated carbocycles. The van der Waals surface area contributed by atoms with E-state index in [1.807, 2.05) is 0 Å². The van der Waals surface area contributed by atoms with E-state index in [9.17, 15) is 29.7 Å². The van der Waals surface area contributed by atoms with E-state index < -0.39 is 17.9 Å². The fourth-order valence-electron chi connectivity index (χ4n) is 3.57. The first kappa shape index (κ1) is 35.6. The molecule has 0 saturated heterocycles. The third kappa shape index (κ3) is 14.9. The Morgan fingerprint density at radius 3 is 1.16 bits per heavy atom. The minimum atomic E-state index is -0.472. The Morgan fingerprint density at radius 2 is 0.837 bits per heavy atom. The first-order valence-electron chi connectivity index (χ1n) is 13.1. The molecule has 0 aliphatic heterocycles. The molecule has 0 aliphatic carbocycles. The van der Waals surface area contributed by atoms with E-state index in [-0.39, 0.29) is 101 Å². The number of phenolic OH excluding ortho intramolecular Hbond substituents is 3. The van der Waals surface area contributed by atoms with Crippen molar-refractivity contribution in [1.82, 2.24) is 16.0 Å². The Kier molecular flexibility index (Phi) is 16.2. The van der Waals surface area contributed by atoms with Gasteiger partial charge in [0.2, 0.25) is 0 Å². The number of aromatic hydroxyl groups is 3. The fraction of sp³-hybridized carbons (Fsp3) is 0.267. The molecule has 0 heterocycles. The molecule has 0 amide bonds. The van der Waals surface area contributed by atoms with Crippen LogP contribution in [0.15, 0.2) is 72.8 Å². The van der Waals surface area contributed by atoms with Crippen LogP contribution < -0.4 is 16.0 Å². The van der Waals surface area contributed by atoms with Crippen LogP contribution in [-0.2, 0) is 47.9 Å². The van der Waals surface area contributed by atoms with Gasteiger partial charge < -0.3 is 45.5 Å². The maximum Gasteiger partial charge on any atom is 0.311 e. The zero-order chi connectivity index (χ0) is 30.2. The van der Waals surface area contributed by atoms with Crippen molar-refractivity contribution in [2.24, 2.45) is 0 Å². The first-order chi connectivity index (χ1) is 20.3. The Labute approximate surface area is 273 Å². The monoisotopic (exact) mass is 818 g/mol. The molecule has 13 heteroatoms. The number of hydrogen-bond donors (Lipinski definition) is 6. The van der Waals surface area contributed by atoms with Crippen LogP contribution in [0.2, 0.25) is 0 Å². The van der Waals surface area contributed by atoms with Crippen LogP contribution in [0.25, 0.3) is 0 Å². The van der Waals surface area contributed by atoms with E-state index >= 15 is 0 Å².